The number of carboxylic acids is 1. The highest BCUT2D eigenvalue weighted by molar-refractivity contribution is 7.99. The highest BCUT2D eigenvalue weighted by Gasteiger charge is 2.30. The number of rotatable bonds is 2. The fourth-order valence-corrected chi connectivity index (χ4v) is 3.19. The minimum atomic E-state index is -0.816. The van der Waals surface area contributed by atoms with Crippen LogP contribution in [0.2, 0.25) is 0 Å². The van der Waals surface area contributed by atoms with Crippen molar-refractivity contribution in [1.29, 1.82) is 0 Å². The van der Waals surface area contributed by atoms with Gasteiger partial charge in [0.2, 0.25) is 5.95 Å². The fourth-order valence-electron chi connectivity index (χ4n) is 2.15. The van der Waals surface area contributed by atoms with Crippen LogP contribution in [0.3, 0.4) is 0 Å². The second-order valence-electron chi connectivity index (χ2n) is 4.35. The van der Waals surface area contributed by atoms with Crippen LogP contribution >= 0.6 is 11.8 Å². The van der Waals surface area contributed by atoms with Crippen molar-refractivity contribution in [3.05, 3.63) is 30.5 Å². The summed E-state index contributed by atoms with van der Waals surface area (Å²) in [5, 5.41) is 10.2. The Morgan fingerprint density at radius 1 is 1.42 bits per heavy atom. The zero-order chi connectivity index (χ0) is 13.2. The lowest BCUT2D eigenvalue weighted by Crippen LogP contribution is -2.48. The van der Waals surface area contributed by atoms with Gasteiger partial charge in [-0.3, -0.25) is 0 Å². The summed E-state index contributed by atoms with van der Waals surface area (Å²) in [6, 6.07) is 7.16. The third kappa shape index (κ3) is 2.35. The van der Waals surface area contributed by atoms with Gasteiger partial charge in [-0.1, -0.05) is 18.2 Å². The van der Waals surface area contributed by atoms with Gasteiger partial charge in [-0.05, 0) is 6.07 Å². The Labute approximate surface area is 114 Å². The van der Waals surface area contributed by atoms with E-state index in [1.54, 1.807) is 22.9 Å². The van der Waals surface area contributed by atoms with Crippen molar-refractivity contribution < 1.29 is 9.90 Å². The second kappa shape index (κ2) is 5.05. The average molecular weight is 275 g/mol. The molecular weight excluding hydrogens is 262 g/mol. The van der Waals surface area contributed by atoms with E-state index in [2.05, 4.69) is 9.97 Å². The zero-order valence-electron chi connectivity index (χ0n) is 10.2. The Balaban J connectivity index is 1.99. The number of fused-ring (bicyclic) bond motifs is 1. The molecule has 1 fully saturated rings. The molecule has 2 aromatic rings. The predicted molar refractivity (Wildman–Crippen MR) is 75.6 cm³/mol. The van der Waals surface area contributed by atoms with E-state index in [0.717, 1.165) is 16.7 Å². The highest BCUT2D eigenvalue weighted by Crippen LogP contribution is 2.22. The molecular formula is C13H13N3O2S. The van der Waals surface area contributed by atoms with Gasteiger partial charge in [-0.25, -0.2) is 14.8 Å². The summed E-state index contributed by atoms with van der Waals surface area (Å²) in [5.41, 5.74) is 0.842. The fraction of sp³-hybridized carbons (Fsp3) is 0.308. The van der Waals surface area contributed by atoms with Crippen LogP contribution in [-0.4, -0.2) is 45.1 Å². The maximum Gasteiger partial charge on any atom is 0.327 e. The summed E-state index contributed by atoms with van der Waals surface area (Å²) in [7, 11) is 0. The quantitative estimate of drug-likeness (QED) is 0.898. The molecule has 0 bridgehead atoms. The van der Waals surface area contributed by atoms with Crippen LogP contribution < -0.4 is 4.90 Å². The van der Waals surface area contributed by atoms with Gasteiger partial charge in [-0.2, -0.15) is 11.8 Å². The van der Waals surface area contributed by atoms with E-state index >= 15 is 0 Å². The number of aromatic nitrogens is 2. The van der Waals surface area contributed by atoms with E-state index in [9.17, 15) is 9.90 Å². The van der Waals surface area contributed by atoms with Gasteiger partial charge in [0.1, 0.15) is 6.04 Å². The van der Waals surface area contributed by atoms with Crippen molar-refractivity contribution >= 4 is 34.6 Å². The number of nitrogens with zero attached hydrogens (tertiary/aromatic N) is 3. The molecule has 98 valence electrons. The van der Waals surface area contributed by atoms with Crippen LogP contribution in [0.1, 0.15) is 0 Å². The van der Waals surface area contributed by atoms with Gasteiger partial charge in [-0.15, -0.1) is 0 Å². The smallest absolute Gasteiger partial charge is 0.327 e. The van der Waals surface area contributed by atoms with E-state index in [1.807, 2.05) is 24.3 Å². The number of para-hydroxylation sites is 1. The van der Waals surface area contributed by atoms with Crippen LogP contribution in [0.25, 0.3) is 10.9 Å². The Morgan fingerprint density at radius 2 is 2.26 bits per heavy atom. The number of anilines is 1. The molecule has 19 heavy (non-hydrogen) atoms. The molecule has 0 saturated carbocycles. The van der Waals surface area contributed by atoms with Crippen LogP contribution in [0.5, 0.6) is 0 Å². The number of carbonyl (C=O) groups is 1. The summed E-state index contributed by atoms with van der Waals surface area (Å²) < 4.78 is 0. The van der Waals surface area contributed by atoms with Gasteiger partial charge in [0, 0.05) is 29.6 Å². The first-order valence-corrected chi connectivity index (χ1v) is 7.20. The Morgan fingerprint density at radius 3 is 3.11 bits per heavy atom. The summed E-state index contributed by atoms with van der Waals surface area (Å²) in [6.07, 6.45) is 1.75. The molecule has 2 heterocycles. The standard InChI is InChI=1S/C13H13N3O2S/c17-12(18)11-8-19-6-5-16(11)13-14-7-9-3-1-2-4-10(9)15-13/h1-4,7,11H,5-6,8H2,(H,17,18). The van der Waals surface area contributed by atoms with Gasteiger partial charge < -0.3 is 10.0 Å². The van der Waals surface area contributed by atoms with Crippen molar-refractivity contribution in [1.82, 2.24) is 9.97 Å². The first-order valence-electron chi connectivity index (χ1n) is 6.05. The molecule has 1 N–H and O–H groups in total. The van der Waals surface area contributed by atoms with Crippen LogP contribution in [0, 0.1) is 0 Å². The lowest BCUT2D eigenvalue weighted by Gasteiger charge is -2.32. The molecule has 1 atom stereocenters. The first-order chi connectivity index (χ1) is 9.25. The molecule has 0 amide bonds. The lowest BCUT2D eigenvalue weighted by molar-refractivity contribution is -0.138. The van der Waals surface area contributed by atoms with Crippen molar-refractivity contribution in [3.63, 3.8) is 0 Å². The molecule has 1 saturated heterocycles. The number of aliphatic carboxylic acids is 1. The monoisotopic (exact) mass is 275 g/mol. The topological polar surface area (TPSA) is 66.3 Å². The third-order valence-electron chi connectivity index (χ3n) is 3.15. The van der Waals surface area contributed by atoms with Crippen LogP contribution in [0.15, 0.2) is 30.5 Å². The van der Waals surface area contributed by atoms with Crippen molar-refractivity contribution in [2.24, 2.45) is 0 Å². The van der Waals surface area contributed by atoms with Gasteiger partial charge >= 0.3 is 5.97 Å². The second-order valence-corrected chi connectivity index (χ2v) is 5.50. The average Bonchev–Trinajstić information content (AvgIpc) is 2.46. The molecule has 1 aliphatic rings. The maximum atomic E-state index is 11.3. The summed E-state index contributed by atoms with van der Waals surface area (Å²) >= 11 is 1.66. The summed E-state index contributed by atoms with van der Waals surface area (Å²) in [6.45, 7) is 0.667. The number of carboxylic acid groups (broad SMARTS) is 1. The third-order valence-corrected chi connectivity index (χ3v) is 4.17. The number of benzene rings is 1. The van der Waals surface area contributed by atoms with E-state index in [0.29, 0.717) is 18.2 Å². The Hall–Kier alpha value is -1.82. The van der Waals surface area contributed by atoms with E-state index in [1.165, 1.54) is 0 Å². The summed E-state index contributed by atoms with van der Waals surface area (Å²) in [5.74, 6) is 1.17. The number of hydrogen-bond acceptors (Lipinski definition) is 5. The molecule has 3 rings (SSSR count). The lowest BCUT2D eigenvalue weighted by atomic mass is 10.2. The van der Waals surface area contributed by atoms with Crippen molar-refractivity contribution in [2.75, 3.05) is 23.0 Å². The van der Waals surface area contributed by atoms with Crippen molar-refractivity contribution in [3.8, 4) is 0 Å². The van der Waals surface area contributed by atoms with E-state index in [4.69, 9.17) is 0 Å². The minimum Gasteiger partial charge on any atom is -0.480 e. The normalized spacial score (nSPS) is 19.6. The molecule has 0 aliphatic carbocycles. The Bertz CT molecular complexity index is 620. The van der Waals surface area contributed by atoms with Crippen molar-refractivity contribution in [2.45, 2.75) is 6.04 Å². The van der Waals surface area contributed by atoms with Gasteiger partial charge in [0.05, 0.1) is 5.52 Å². The van der Waals surface area contributed by atoms with Gasteiger partial charge in [0.25, 0.3) is 0 Å². The zero-order valence-corrected chi connectivity index (χ0v) is 11.0. The molecule has 1 aromatic carbocycles. The SMILES string of the molecule is O=C(O)C1CSCCN1c1ncc2ccccc2n1. The van der Waals surface area contributed by atoms with E-state index < -0.39 is 12.0 Å². The molecule has 5 nitrogen and oxygen atoms in total. The van der Waals surface area contributed by atoms with E-state index in [-0.39, 0.29) is 0 Å². The summed E-state index contributed by atoms with van der Waals surface area (Å²) in [4.78, 5) is 21.9. The maximum absolute atomic E-state index is 11.3. The van der Waals surface area contributed by atoms with Crippen LogP contribution in [-0.2, 0) is 4.79 Å². The molecule has 0 spiro atoms. The Kier molecular flexibility index (Phi) is 3.25. The molecule has 6 heteroatoms. The molecule has 1 unspecified atom stereocenters. The minimum absolute atomic E-state index is 0.506. The van der Waals surface area contributed by atoms with Crippen LogP contribution in [0.4, 0.5) is 5.95 Å². The predicted octanol–water partition coefficient (Wildman–Crippen LogP) is 1.64. The largest absolute Gasteiger partial charge is 0.480 e. The highest BCUT2D eigenvalue weighted by atomic mass is 32.2. The number of thioether (sulfide) groups is 1. The first kappa shape index (κ1) is 12.2. The molecule has 1 aromatic heterocycles. The molecule has 1 aliphatic heterocycles. The molecule has 0 radical (unpaired) electrons. The number of hydrogen-bond donors (Lipinski definition) is 1. The van der Waals surface area contributed by atoms with Gasteiger partial charge in [0.15, 0.2) is 0 Å².